The third kappa shape index (κ3) is 17.5. The lowest BCUT2D eigenvalue weighted by Gasteiger charge is -2.33. The van der Waals surface area contributed by atoms with Crippen LogP contribution in [0.25, 0.3) is 0 Å². The molecule has 0 aliphatic heterocycles. The molecule has 14 nitrogen and oxygen atoms in total. The number of carbonyl (C=O) groups excluding carboxylic acids is 6. The van der Waals surface area contributed by atoms with Crippen molar-refractivity contribution in [1.82, 2.24) is 20.4 Å². The molecular weight excluding hydrogens is 633 g/mol. The highest BCUT2D eigenvalue weighted by atomic mass is 28.1. The van der Waals surface area contributed by atoms with Crippen LogP contribution in [0.1, 0.15) is 73.1 Å². The summed E-state index contributed by atoms with van der Waals surface area (Å²) >= 11 is 0. The first-order valence-corrected chi connectivity index (χ1v) is 19.6. The van der Waals surface area contributed by atoms with Crippen molar-refractivity contribution < 1.29 is 47.7 Å². The molecule has 3 atom stereocenters. The van der Waals surface area contributed by atoms with Gasteiger partial charge in [-0.15, -0.1) is 0 Å². The van der Waals surface area contributed by atoms with Crippen LogP contribution in [-0.2, 0) is 38.1 Å². The number of nitrogens with zero attached hydrogens (tertiary/aromatic N) is 2. The monoisotopic (exact) mass is 690 g/mol. The lowest BCUT2D eigenvalue weighted by atomic mass is 10.0. The van der Waals surface area contributed by atoms with Gasteiger partial charge < -0.3 is 39.4 Å². The van der Waals surface area contributed by atoms with Gasteiger partial charge in [-0.2, -0.15) is 0 Å². The van der Waals surface area contributed by atoms with Gasteiger partial charge in [0.25, 0.3) is 0 Å². The largest absolute Gasteiger partial charge is 0.466 e. The minimum absolute atomic E-state index is 0.0785. The minimum Gasteiger partial charge on any atom is -0.466 e. The summed E-state index contributed by atoms with van der Waals surface area (Å²) in [5.41, 5.74) is 0. The van der Waals surface area contributed by atoms with Crippen LogP contribution in [0.2, 0.25) is 12.1 Å². The number of nitrogens with one attached hydrogen (secondary N) is 2. The zero-order chi connectivity index (χ0) is 34.9. The lowest BCUT2D eigenvalue weighted by molar-refractivity contribution is -0.155. The molecule has 0 aromatic carbocycles. The third-order valence-electron chi connectivity index (χ3n) is 6.94. The summed E-state index contributed by atoms with van der Waals surface area (Å²) in [6.07, 6.45) is 1.80. The van der Waals surface area contributed by atoms with Crippen molar-refractivity contribution in [1.29, 1.82) is 0 Å². The van der Waals surface area contributed by atoms with Gasteiger partial charge in [0, 0.05) is 46.7 Å². The maximum absolute atomic E-state index is 13.3. The molecule has 0 aromatic rings. The molecule has 266 valence electrons. The molecule has 4 amide bonds. The molecule has 3 unspecified atom stereocenters. The van der Waals surface area contributed by atoms with E-state index < -0.39 is 48.0 Å². The second-order valence-electron chi connectivity index (χ2n) is 10.8. The van der Waals surface area contributed by atoms with Crippen LogP contribution in [0.4, 0.5) is 9.59 Å². The first-order chi connectivity index (χ1) is 22.0. The fraction of sp³-hybridized carbons (Fsp3) is 0.800. The number of hydrogen-bond donors (Lipinski definition) is 2. The van der Waals surface area contributed by atoms with Gasteiger partial charge in [-0.1, -0.05) is 19.0 Å². The number of amides is 4. The van der Waals surface area contributed by atoms with Crippen LogP contribution in [-0.4, -0.2) is 131 Å². The Morgan fingerprint density at radius 3 is 1.46 bits per heavy atom. The standard InChI is InChI=1S/C30H58N4O10Si2/c1-6-41-25(35)19-23(27(37)43-8-3)33(29(39)31-14-11-17-45)16-10-13-22(5)21-34(30(40)32-15-12-18-46)24(28(38)44-9-4)20-26(36)42-7-2/h22-24H,6-21H2,1-5,45-46H3,(H,31,39)(H,32,40). The smallest absolute Gasteiger partial charge is 0.329 e. The van der Waals surface area contributed by atoms with E-state index >= 15 is 0 Å². The number of ether oxygens (including phenoxy) is 4. The molecule has 0 heterocycles. The summed E-state index contributed by atoms with van der Waals surface area (Å²) in [5.74, 6) is -2.83. The Morgan fingerprint density at radius 2 is 1.04 bits per heavy atom. The van der Waals surface area contributed by atoms with Crippen LogP contribution in [0, 0.1) is 5.92 Å². The summed E-state index contributed by atoms with van der Waals surface area (Å²) in [6, 6.07) is -1.34. The van der Waals surface area contributed by atoms with E-state index in [1.165, 1.54) is 9.80 Å². The number of carbonyl (C=O) groups is 6. The van der Waals surface area contributed by atoms with Crippen LogP contribution in [0.15, 0.2) is 0 Å². The molecule has 0 radical (unpaired) electrons. The van der Waals surface area contributed by atoms with Gasteiger partial charge >= 0.3 is 35.9 Å². The first-order valence-electron chi connectivity index (χ1n) is 16.7. The molecule has 0 saturated carbocycles. The molecule has 46 heavy (non-hydrogen) atoms. The average Bonchev–Trinajstić information content (AvgIpc) is 3.00. The minimum atomic E-state index is -1.18. The summed E-state index contributed by atoms with van der Waals surface area (Å²) < 4.78 is 20.6. The van der Waals surface area contributed by atoms with E-state index in [1.807, 2.05) is 6.92 Å². The molecule has 0 fully saturated rings. The van der Waals surface area contributed by atoms with Crippen molar-refractivity contribution in [3.8, 4) is 0 Å². The van der Waals surface area contributed by atoms with Crippen molar-refractivity contribution in [2.45, 2.75) is 97.3 Å². The number of urea groups is 2. The third-order valence-corrected chi connectivity index (χ3v) is 8.35. The van der Waals surface area contributed by atoms with Crippen LogP contribution < -0.4 is 10.6 Å². The number of hydrogen-bond acceptors (Lipinski definition) is 10. The average molecular weight is 691 g/mol. The summed E-state index contributed by atoms with van der Waals surface area (Å²) in [5, 5.41) is 5.69. The zero-order valence-corrected chi connectivity index (χ0v) is 33.0. The number of esters is 4. The van der Waals surface area contributed by atoms with E-state index in [2.05, 4.69) is 10.6 Å². The van der Waals surface area contributed by atoms with E-state index in [9.17, 15) is 28.8 Å². The molecule has 0 spiro atoms. The Kier molecular flexibility index (Phi) is 24.2. The predicted octanol–water partition coefficient (Wildman–Crippen LogP) is 0.543. The van der Waals surface area contributed by atoms with E-state index in [1.54, 1.807) is 27.7 Å². The molecule has 0 aliphatic carbocycles. The van der Waals surface area contributed by atoms with Crippen LogP contribution in [0.3, 0.4) is 0 Å². The Hall–Kier alpha value is -3.15. The number of rotatable bonds is 24. The summed E-state index contributed by atoms with van der Waals surface area (Å²) in [6.45, 7) is 10.0. The van der Waals surface area contributed by atoms with Crippen LogP contribution in [0.5, 0.6) is 0 Å². The summed E-state index contributed by atoms with van der Waals surface area (Å²) in [7, 11) is 1.99. The van der Waals surface area contributed by atoms with Gasteiger partial charge in [0.15, 0.2) is 0 Å². The van der Waals surface area contributed by atoms with E-state index in [0.29, 0.717) is 25.9 Å². The van der Waals surface area contributed by atoms with Gasteiger partial charge in [0.05, 0.1) is 39.3 Å². The Balaban J connectivity index is 6.03. The predicted molar refractivity (Wildman–Crippen MR) is 181 cm³/mol. The fourth-order valence-electron chi connectivity index (χ4n) is 4.61. The molecule has 0 bridgehead atoms. The lowest BCUT2D eigenvalue weighted by Crippen LogP contribution is -2.53. The Bertz CT molecular complexity index is 943. The van der Waals surface area contributed by atoms with Crippen molar-refractivity contribution >= 4 is 56.4 Å². The molecule has 0 aliphatic rings. The molecule has 2 N–H and O–H groups in total. The topological polar surface area (TPSA) is 170 Å². The second-order valence-corrected chi connectivity index (χ2v) is 12.8. The maximum atomic E-state index is 13.3. The van der Waals surface area contributed by atoms with E-state index in [4.69, 9.17) is 18.9 Å². The highest BCUT2D eigenvalue weighted by Crippen LogP contribution is 2.18. The van der Waals surface area contributed by atoms with Gasteiger partial charge in [-0.3, -0.25) is 9.59 Å². The van der Waals surface area contributed by atoms with Crippen molar-refractivity contribution in [2.24, 2.45) is 5.92 Å². The van der Waals surface area contributed by atoms with Crippen molar-refractivity contribution in [2.75, 3.05) is 52.6 Å². The highest BCUT2D eigenvalue weighted by molar-refractivity contribution is 6.08. The van der Waals surface area contributed by atoms with Gasteiger partial charge in [0.2, 0.25) is 0 Å². The second kappa shape index (κ2) is 26.0. The van der Waals surface area contributed by atoms with E-state index in [0.717, 1.165) is 45.4 Å². The Morgan fingerprint density at radius 1 is 0.630 bits per heavy atom. The molecule has 0 rings (SSSR count). The Labute approximate surface area is 280 Å². The fourth-order valence-corrected chi connectivity index (χ4v) is 5.32. The quantitative estimate of drug-likeness (QED) is 0.0631. The van der Waals surface area contributed by atoms with Crippen LogP contribution >= 0.6 is 0 Å². The zero-order valence-electron chi connectivity index (χ0n) is 29.0. The van der Waals surface area contributed by atoms with E-state index in [-0.39, 0.29) is 58.3 Å². The highest BCUT2D eigenvalue weighted by Gasteiger charge is 2.36. The molecule has 16 heteroatoms. The first kappa shape index (κ1) is 42.9. The van der Waals surface area contributed by atoms with Gasteiger partial charge in [-0.05, 0) is 59.3 Å². The van der Waals surface area contributed by atoms with Gasteiger partial charge in [0.1, 0.15) is 12.1 Å². The van der Waals surface area contributed by atoms with Crippen molar-refractivity contribution in [3.63, 3.8) is 0 Å². The maximum Gasteiger partial charge on any atom is 0.329 e. The van der Waals surface area contributed by atoms with Crippen molar-refractivity contribution in [3.05, 3.63) is 0 Å². The van der Waals surface area contributed by atoms with Gasteiger partial charge in [-0.25, -0.2) is 19.2 Å². The molecular formula is C30H58N4O10Si2. The normalized spacial score (nSPS) is 12.7. The molecule has 0 aromatic heterocycles. The molecule has 0 saturated heterocycles. The summed E-state index contributed by atoms with van der Waals surface area (Å²) in [4.78, 5) is 80.0. The SMILES string of the molecule is CCOC(=O)CC(C(=O)OCC)N(CCCC(C)CN(C(=O)NCCC[SiH3])C(CC(=O)OCC)C(=O)OCC)C(=O)NCCC[SiH3].